The maximum Gasteiger partial charge on any atom is 0.392 e. The van der Waals surface area contributed by atoms with E-state index in [2.05, 4.69) is 22.9 Å². The molecule has 3 N–H and O–H groups in total. The molecule has 1 spiro atoms. The van der Waals surface area contributed by atoms with E-state index in [1.54, 1.807) is 26.8 Å². The number of halogens is 3. The predicted molar refractivity (Wildman–Crippen MR) is 396 cm³/mol. The Balaban J connectivity index is 1.20. The molecule has 0 radical (unpaired) electrons. The third-order valence-corrected chi connectivity index (χ3v) is 25.8. The molecule has 7 fully saturated rings. The van der Waals surface area contributed by atoms with Crippen LogP contribution in [0.4, 0.5) is 13.2 Å². The Morgan fingerprint density at radius 1 is 0.636 bits per heavy atom. The predicted octanol–water partition coefficient (Wildman–Crippen LogP) is 7.08. The van der Waals surface area contributed by atoms with Crippen molar-refractivity contribution in [3.05, 3.63) is 12.2 Å². The van der Waals surface area contributed by atoms with Gasteiger partial charge in [-0.25, -0.2) is 0 Å². The Morgan fingerprint density at radius 3 is 1.87 bits per heavy atom. The Kier molecular flexibility index (Phi) is 30.6. The van der Waals surface area contributed by atoms with E-state index in [9.17, 15) is 32.3 Å². The largest absolute Gasteiger partial charge is 0.392 e. The summed E-state index contributed by atoms with van der Waals surface area (Å²) in [5, 5.41) is 8.97. The zero-order valence-electron chi connectivity index (χ0n) is 66.3. The van der Waals surface area contributed by atoms with E-state index in [0.29, 0.717) is 38.0 Å². The molecule has 0 aromatic rings. The average molecular weight is 1510 g/mol. The summed E-state index contributed by atoms with van der Waals surface area (Å²) >= 11 is 0. The Morgan fingerprint density at radius 2 is 1.26 bits per heavy atom. The normalized spacial score (nSPS) is 32.2. The maximum absolute atomic E-state index is 15.7. The topological polar surface area (TPSA) is 279 Å². The van der Waals surface area contributed by atoms with Crippen LogP contribution in [0.5, 0.6) is 0 Å². The minimum Gasteiger partial charge on any atom is -0.377 e. The first kappa shape index (κ1) is 85.7. The Labute approximate surface area is 633 Å². The molecule has 12 amide bonds. The number of rotatable bonds is 14. The van der Waals surface area contributed by atoms with Gasteiger partial charge in [0.25, 0.3) is 0 Å². The highest BCUT2D eigenvalue weighted by Gasteiger charge is 2.54. The second kappa shape index (κ2) is 38.2. The molecule has 13 atom stereocenters. The molecule has 0 aromatic carbocycles. The number of carbonyl (C=O) groups is 12. The monoisotopic (exact) mass is 1510 g/mol. The lowest BCUT2D eigenvalue weighted by molar-refractivity contribution is -0.199. The quantitative estimate of drug-likeness (QED) is 0.147. The highest BCUT2D eigenvalue weighted by Crippen LogP contribution is 2.47. The van der Waals surface area contributed by atoms with Crippen LogP contribution in [0.2, 0.25) is 0 Å². The molecule has 8 aliphatic rings. The Bertz CT molecular complexity index is 3170. The van der Waals surface area contributed by atoms with Crippen molar-refractivity contribution < 1.29 is 75.4 Å². The molecular weight excluding hydrogens is 1380 g/mol. The van der Waals surface area contributed by atoms with E-state index < -0.39 is 180 Å². The molecule has 107 heavy (non-hydrogen) atoms. The van der Waals surface area contributed by atoms with Gasteiger partial charge in [-0.15, -0.1) is 0 Å². The first-order valence-electron chi connectivity index (χ1n) is 40.3. The lowest BCUT2D eigenvalue weighted by Crippen LogP contribution is -2.68. The van der Waals surface area contributed by atoms with Gasteiger partial charge in [0.05, 0.1) is 31.5 Å². The van der Waals surface area contributed by atoms with E-state index in [1.807, 2.05) is 13.0 Å². The van der Waals surface area contributed by atoms with Crippen molar-refractivity contribution in [3.8, 4) is 0 Å². The molecule has 3 unspecified atom stereocenters. The average Bonchev–Trinajstić information content (AvgIpc) is 1.71. The van der Waals surface area contributed by atoms with Crippen LogP contribution in [0, 0.1) is 47.3 Å². The summed E-state index contributed by atoms with van der Waals surface area (Å²) in [5.74, 6) is -10.3. The van der Waals surface area contributed by atoms with Crippen LogP contribution >= 0.6 is 0 Å². The number of hydrogen-bond acceptors (Lipinski definition) is 13. The molecule has 2 saturated heterocycles. The van der Waals surface area contributed by atoms with Crippen molar-refractivity contribution in [1.82, 2.24) is 60.0 Å². The number of carbonyl (C=O) groups excluding carboxylic acids is 12. The maximum atomic E-state index is 15.7. The van der Waals surface area contributed by atoms with Crippen LogP contribution in [0.3, 0.4) is 0 Å². The van der Waals surface area contributed by atoms with Crippen LogP contribution in [0.1, 0.15) is 214 Å². The van der Waals surface area contributed by atoms with Crippen molar-refractivity contribution in [2.24, 2.45) is 47.3 Å². The number of hydrogen-bond donors (Lipinski definition) is 3. The molecule has 3 heterocycles. The molecule has 2 bridgehead atoms. The van der Waals surface area contributed by atoms with Crippen molar-refractivity contribution in [2.75, 3.05) is 89.2 Å². The summed E-state index contributed by atoms with van der Waals surface area (Å²) in [7, 11) is 11.8. The fourth-order valence-electron chi connectivity index (χ4n) is 18.6. The van der Waals surface area contributed by atoms with Gasteiger partial charge in [-0.1, -0.05) is 117 Å². The molecule has 5 saturated carbocycles. The number of ether oxygens (including phenoxy) is 1. The van der Waals surface area contributed by atoms with Gasteiger partial charge in [-0.3, -0.25) is 57.5 Å². The molecule has 602 valence electrons. The van der Waals surface area contributed by atoms with Gasteiger partial charge in [0.1, 0.15) is 53.9 Å². The number of likely N-dealkylation sites (N-methyl/N-ethyl adjacent to an activating group) is 7. The third-order valence-electron chi connectivity index (χ3n) is 25.8. The minimum absolute atomic E-state index is 0.00767. The van der Waals surface area contributed by atoms with Gasteiger partial charge in [0, 0.05) is 82.5 Å². The van der Waals surface area contributed by atoms with Gasteiger partial charge in [0.15, 0.2) is 0 Å². The summed E-state index contributed by atoms with van der Waals surface area (Å²) in [6.45, 7) is 8.40. The van der Waals surface area contributed by atoms with Gasteiger partial charge >= 0.3 is 6.18 Å². The van der Waals surface area contributed by atoms with Gasteiger partial charge < -0.3 is 64.8 Å². The lowest BCUT2D eigenvalue weighted by Gasteiger charge is -2.46. The third kappa shape index (κ3) is 21.0. The van der Waals surface area contributed by atoms with Crippen LogP contribution < -0.4 is 16.0 Å². The summed E-state index contributed by atoms with van der Waals surface area (Å²) in [6.07, 6.45) is 10.4. The van der Waals surface area contributed by atoms with Crippen molar-refractivity contribution >= 4 is 70.9 Å². The summed E-state index contributed by atoms with van der Waals surface area (Å²) in [4.78, 5) is 195. The zero-order valence-corrected chi connectivity index (χ0v) is 66.3. The number of amides is 12. The second-order valence-electron chi connectivity index (χ2n) is 33.3. The van der Waals surface area contributed by atoms with E-state index in [-0.39, 0.29) is 114 Å². The highest BCUT2D eigenvalue weighted by molar-refractivity contribution is 6.01. The zero-order chi connectivity index (χ0) is 78.5. The van der Waals surface area contributed by atoms with E-state index >= 15 is 38.4 Å². The first-order valence-corrected chi connectivity index (χ1v) is 40.3. The van der Waals surface area contributed by atoms with E-state index in [1.165, 1.54) is 100 Å². The standard InChI is InChI=1S/C79H127F3N12O13/c1-14-50(5)67-75(104)88(9)48-66(97)89(10)59-29-18-17-23-40-93(74(59)103)63(43-53-32-30-49(4)31-33-53)73(102)87(8)47-64(95)83-58(37-35-52-34-36-57(79(80,81)82)54(15-2)41-52)71(100)94-46-56(107-16-3)44-61(94)70(99)85-78(38-24-39-78)77(106)92(13)68(55-27-21-22-28-55)76(105)91(12)62(72(101)86(6)7)45-65(96)90(11)60(69(98)84-67)42-51-25-19-20-26-51/h17-18,49-63,67-68H,14-16,19-48H2,1-13H3,(H,83,95)(H,84,98)(H,85,99)/b18-17-/t49?,50-,52?,53?,54?,56+,57?,58-,59-,60-,61-,62-,63-,67-,68-/m0/s1. The summed E-state index contributed by atoms with van der Waals surface area (Å²) in [5.41, 5.74) is -1.57. The fourth-order valence-corrected chi connectivity index (χ4v) is 18.6. The number of nitrogens with one attached hydrogen (secondary N) is 3. The fraction of sp³-hybridized carbons (Fsp3) is 0.823. The first-order chi connectivity index (χ1) is 50.6. The summed E-state index contributed by atoms with van der Waals surface area (Å²) < 4.78 is 49.3. The van der Waals surface area contributed by atoms with Gasteiger partial charge in [0.2, 0.25) is 70.9 Å². The van der Waals surface area contributed by atoms with Crippen LogP contribution in [-0.2, 0) is 62.3 Å². The molecule has 28 heteroatoms. The molecule has 25 nitrogen and oxygen atoms in total. The summed E-state index contributed by atoms with van der Waals surface area (Å²) in [6, 6.07) is -9.86. The number of fused-ring (bicyclic) bond motifs is 3. The number of nitrogens with zero attached hydrogens (tertiary/aromatic N) is 9. The SMILES string of the molecule is CCO[C@@H]1C[C@H]2C(=O)NC3(CCC3)C(=O)N(C)[C@@H](C3CCCC3)C(=O)N(C)[C@H](C(=O)N(C)C)CC(=O)N(C)[C@@H](CC3CCCC3)C(=O)N[C@@H]([C@@H](C)CC)C(=O)N(C)CC(=O)N(C)[C@H]3C/C=C\CCN(C3=O)[C@@H](CC3CCC(C)CC3)C(=O)N(C)CC(=O)N[C@@H](CCC3CCC(C(F)(F)F)C(CC)C3)C(=O)N2C1. The van der Waals surface area contributed by atoms with Crippen molar-refractivity contribution in [2.45, 2.75) is 281 Å². The van der Waals surface area contributed by atoms with E-state index in [4.69, 9.17) is 4.74 Å². The van der Waals surface area contributed by atoms with Gasteiger partial charge in [-0.05, 0) is 138 Å². The molecular formula is C79H127F3N12O13. The van der Waals surface area contributed by atoms with Crippen LogP contribution in [-0.4, -0.2) is 270 Å². The molecule has 8 rings (SSSR count). The van der Waals surface area contributed by atoms with Gasteiger partial charge in [-0.2, -0.15) is 13.2 Å². The van der Waals surface area contributed by atoms with Crippen LogP contribution in [0.25, 0.3) is 0 Å². The Hall–Kier alpha value is -6.87. The second-order valence-corrected chi connectivity index (χ2v) is 33.3. The van der Waals surface area contributed by atoms with E-state index in [0.717, 1.165) is 64.2 Å². The molecule has 0 aromatic heterocycles. The smallest absolute Gasteiger partial charge is 0.377 e. The minimum atomic E-state index is -4.39. The molecule has 3 aliphatic heterocycles. The number of alkyl halides is 3. The van der Waals surface area contributed by atoms with Crippen LogP contribution in [0.15, 0.2) is 12.2 Å². The molecule has 5 aliphatic carbocycles. The highest BCUT2D eigenvalue weighted by atomic mass is 19.4. The lowest BCUT2D eigenvalue weighted by atomic mass is 9.71. The van der Waals surface area contributed by atoms with Crippen molar-refractivity contribution in [1.29, 1.82) is 0 Å². The van der Waals surface area contributed by atoms with Crippen molar-refractivity contribution in [3.63, 3.8) is 0 Å².